The van der Waals surface area contributed by atoms with Gasteiger partial charge in [-0.3, -0.25) is 0 Å². The fraction of sp³-hybridized carbons (Fsp3) is 0.500. The first-order valence-corrected chi connectivity index (χ1v) is 3.70. The molecule has 0 N–H and O–H groups in total. The van der Waals surface area contributed by atoms with E-state index in [0.717, 1.165) is 6.08 Å². The van der Waals surface area contributed by atoms with Crippen molar-refractivity contribution in [2.45, 2.75) is 25.7 Å². The Kier molecular flexibility index (Phi) is 19.7. The molecule has 14 heavy (non-hydrogen) atoms. The van der Waals surface area contributed by atoms with Crippen molar-refractivity contribution in [3.05, 3.63) is 12.2 Å². The molecule has 0 fully saturated rings. The summed E-state index contributed by atoms with van der Waals surface area (Å²) in [6, 6.07) is 0. The second-order valence-electron chi connectivity index (χ2n) is 2.34. The van der Waals surface area contributed by atoms with Crippen LogP contribution in [0.5, 0.6) is 0 Å². The summed E-state index contributed by atoms with van der Waals surface area (Å²) in [6.45, 7) is 0. The SMILES string of the molecule is O=C([O-])C=CCCCCC(=O)[O-].[Na+].[Na+]. The number of aliphatic carboxylic acids is 2. The minimum Gasteiger partial charge on any atom is -0.550 e. The Morgan fingerprint density at radius 3 is 2.07 bits per heavy atom. The van der Waals surface area contributed by atoms with Gasteiger partial charge in [0.2, 0.25) is 0 Å². The number of carboxylic acids is 2. The van der Waals surface area contributed by atoms with Crippen molar-refractivity contribution in [1.29, 1.82) is 0 Å². The van der Waals surface area contributed by atoms with Gasteiger partial charge in [0.1, 0.15) is 0 Å². The largest absolute Gasteiger partial charge is 1.00 e. The number of hydrogen-bond donors (Lipinski definition) is 0. The summed E-state index contributed by atoms with van der Waals surface area (Å²) in [5, 5.41) is 19.7. The molecule has 0 aliphatic heterocycles. The predicted octanol–water partition coefficient (Wildman–Crippen LogP) is -7.39. The molecule has 0 spiro atoms. The van der Waals surface area contributed by atoms with Crippen LogP contribution >= 0.6 is 0 Å². The van der Waals surface area contributed by atoms with E-state index in [1.54, 1.807) is 0 Å². The van der Waals surface area contributed by atoms with E-state index in [4.69, 9.17) is 0 Å². The van der Waals surface area contributed by atoms with Crippen LogP contribution in [0.15, 0.2) is 12.2 Å². The monoisotopic (exact) mass is 216 g/mol. The van der Waals surface area contributed by atoms with Crippen molar-refractivity contribution in [1.82, 2.24) is 0 Å². The summed E-state index contributed by atoms with van der Waals surface area (Å²) < 4.78 is 0. The smallest absolute Gasteiger partial charge is 0.550 e. The normalized spacial score (nSPS) is 8.86. The molecule has 0 unspecified atom stereocenters. The number of carbonyl (C=O) groups excluding carboxylic acids is 2. The van der Waals surface area contributed by atoms with Gasteiger partial charge >= 0.3 is 59.1 Å². The Labute approximate surface area is 127 Å². The minimum atomic E-state index is -1.23. The Bertz CT molecular complexity index is 192. The molecule has 0 aliphatic rings. The Morgan fingerprint density at radius 2 is 1.64 bits per heavy atom. The second kappa shape index (κ2) is 13.7. The van der Waals surface area contributed by atoms with Crippen LogP contribution in [0, 0.1) is 0 Å². The van der Waals surface area contributed by atoms with Gasteiger partial charge in [0, 0.05) is 5.97 Å². The molecule has 0 amide bonds. The molecule has 0 atom stereocenters. The van der Waals surface area contributed by atoms with Crippen LogP contribution < -0.4 is 69.3 Å². The third kappa shape index (κ3) is 18.5. The van der Waals surface area contributed by atoms with E-state index in [-0.39, 0.29) is 65.5 Å². The summed E-state index contributed by atoms with van der Waals surface area (Å²) in [5.41, 5.74) is 0. The summed E-state index contributed by atoms with van der Waals surface area (Å²) >= 11 is 0. The van der Waals surface area contributed by atoms with E-state index < -0.39 is 11.9 Å². The minimum absolute atomic E-state index is 0. The molecule has 0 radical (unpaired) electrons. The molecule has 6 heteroatoms. The third-order valence-electron chi connectivity index (χ3n) is 1.26. The maximum absolute atomic E-state index is 9.91. The van der Waals surface area contributed by atoms with Crippen molar-refractivity contribution in [2.24, 2.45) is 0 Å². The number of carboxylic acid groups (broad SMARTS) is 2. The van der Waals surface area contributed by atoms with Crippen LogP contribution in [-0.4, -0.2) is 11.9 Å². The maximum atomic E-state index is 9.91. The molecule has 0 rings (SSSR count). The van der Waals surface area contributed by atoms with Crippen LogP contribution in [0.1, 0.15) is 25.7 Å². The van der Waals surface area contributed by atoms with Crippen molar-refractivity contribution in [2.75, 3.05) is 0 Å². The van der Waals surface area contributed by atoms with Gasteiger partial charge in [0.25, 0.3) is 0 Å². The van der Waals surface area contributed by atoms with Gasteiger partial charge < -0.3 is 19.8 Å². The molecular weight excluding hydrogens is 206 g/mol. The number of rotatable bonds is 6. The predicted molar refractivity (Wildman–Crippen MR) is 37.6 cm³/mol. The first-order valence-electron chi connectivity index (χ1n) is 3.70. The summed E-state index contributed by atoms with van der Waals surface area (Å²) in [5.74, 6) is -2.30. The fourth-order valence-electron chi connectivity index (χ4n) is 0.711. The number of unbranched alkanes of at least 4 members (excludes halogenated alkanes) is 2. The fourth-order valence-corrected chi connectivity index (χ4v) is 0.711. The van der Waals surface area contributed by atoms with Gasteiger partial charge in [0.05, 0.1) is 5.97 Å². The standard InChI is InChI=1S/C8H12O4.2Na/c9-7(10)5-3-1-2-4-6-8(11)12;;/h3,5H,1-2,4,6H2,(H,9,10)(H,11,12);;/q;2*+1/p-2. The van der Waals surface area contributed by atoms with Crippen molar-refractivity contribution >= 4 is 11.9 Å². The molecule has 0 aromatic rings. The van der Waals surface area contributed by atoms with E-state index in [9.17, 15) is 19.8 Å². The molecule has 0 aromatic heterocycles. The van der Waals surface area contributed by atoms with Crippen LogP contribution in [0.2, 0.25) is 0 Å². The van der Waals surface area contributed by atoms with Gasteiger partial charge in [-0.15, -0.1) is 0 Å². The van der Waals surface area contributed by atoms with Crippen molar-refractivity contribution < 1.29 is 78.9 Å². The Balaban J connectivity index is -0.000000605. The molecule has 0 aliphatic carbocycles. The van der Waals surface area contributed by atoms with E-state index in [1.165, 1.54) is 6.08 Å². The first kappa shape index (κ1) is 20.1. The average Bonchev–Trinajstić information content (AvgIpc) is 1.95. The van der Waals surface area contributed by atoms with Crippen molar-refractivity contribution in [3.63, 3.8) is 0 Å². The van der Waals surface area contributed by atoms with Gasteiger partial charge in [-0.1, -0.05) is 6.08 Å². The van der Waals surface area contributed by atoms with E-state index in [2.05, 4.69) is 0 Å². The van der Waals surface area contributed by atoms with E-state index >= 15 is 0 Å². The average molecular weight is 216 g/mol. The summed E-state index contributed by atoms with van der Waals surface area (Å²) in [7, 11) is 0. The van der Waals surface area contributed by atoms with Gasteiger partial charge in [-0.05, 0) is 31.8 Å². The Hall–Kier alpha value is 0.680. The molecule has 0 saturated heterocycles. The van der Waals surface area contributed by atoms with Crippen LogP contribution in [0.3, 0.4) is 0 Å². The number of carbonyl (C=O) groups is 2. The van der Waals surface area contributed by atoms with Crippen molar-refractivity contribution in [3.8, 4) is 0 Å². The van der Waals surface area contributed by atoms with E-state index in [1.807, 2.05) is 0 Å². The zero-order valence-electron chi connectivity index (χ0n) is 8.62. The van der Waals surface area contributed by atoms with Gasteiger partial charge in [-0.25, -0.2) is 0 Å². The third-order valence-corrected chi connectivity index (χ3v) is 1.26. The summed E-state index contributed by atoms with van der Waals surface area (Å²) in [6.07, 6.45) is 4.14. The molecule has 4 nitrogen and oxygen atoms in total. The van der Waals surface area contributed by atoms with Gasteiger partial charge in [0.15, 0.2) is 0 Å². The second-order valence-corrected chi connectivity index (χ2v) is 2.34. The van der Waals surface area contributed by atoms with Crippen LogP contribution in [-0.2, 0) is 9.59 Å². The topological polar surface area (TPSA) is 80.3 Å². The Morgan fingerprint density at radius 1 is 1.07 bits per heavy atom. The maximum Gasteiger partial charge on any atom is 1.00 e. The zero-order chi connectivity index (χ0) is 9.40. The number of allylic oxidation sites excluding steroid dienone is 1. The molecular formula is C8H10Na2O4. The van der Waals surface area contributed by atoms with Gasteiger partial charge in [-0.2, -0.15) is 0 Å². The number of hydrogen-bond acceptors (Lipinski definition) is 4. The van der Waals surface area contributed by atoms with Crippen LogP contribution in [0.4, 0.5) is 0 Å². The van der Waals surface area contributed by atoms with Crippen LogP contribution in [0.25, 0.3) is 0 Å². The quantitative estimate of drug-likeness (QED) is 0.251. The zero-order valence-corrected chi connectivity index (χ0v) is 12.6. The molecule has 0 saturated carbocycles. The molecule has 0 aromatic carbocycles. The molecule has 0 heterocycles. The molecule has 0 bridgehead atoms. The van der Waals surface area contributed by atoms with E-state index in [0.29, 0.717) is 19.3 Å². The molecule has 68 valence electrons. The first-order chi connectivity index (χ1) is 5.63. The summed E-state index contributed by atoms with van der Waals surface area (Å²) in [4.78, 5) is 19.7.